The number of hydrogen-bond acceptors (Lipinski definition) is 6. The van der Waals surface area contributed by atoms with Gasteiger partial charge in [-0.15, -0.1) is 11.3 Å². The van der Waals surface area contributed by atoms with Crippen LogP contribution in [0.15, 0.2) is 66.0 Å². The highest BCUT2D eigenvalue weighted by atomic mass is 32.1. The number of Topliss-reactive ketones (excluding diaryl/α,β-unsaturated/α-hetero) is 1. The first-order valence-electron chi connectivity index (χ1n) is 17.9. The predicted octanol–water partition coefficient (Wildman–Crippen LogP) is 8.65. The predicted molar refractivity (Wildman–Crippen MR) is 196 cm³/mol. The molecule has 4 aromatic rings. The van der Waals surface area contributed by atoms with Gasteiger partial charge in [-0.2, -0.15) is 0 Å². The lowest BCUT2D eigenvalue weighted by Gasteiger charge is -2.27. The van der Waals surface area contributed by atoms with Gasteiger partial charge < -0.3 is 19.5 Å². The van der Waals surface area contributed by atoms with Crippen molar-refractivity contribution in [2.75, 3.05) is 18.0 Å². The van der Waals surface area contributed by atoms with Crippen LogP contribution in [0.2, 0.25) is 0 Å². The van der Waals surface area contributed by atoms with E-state index in [1.807, 2.05) is 60.2 Å². The van der Waals surface area contributed by atoms with Gasteiger partial charge in [0.2, 0.25) is 11.8 Å². The summed E-state index contributed by atoms with van der Waals surface area (Å²) in [5.41, 5.74) is 3.45. The Kier molecular flexibility index (Phi) is 13.4. The molecular formula is C40H48FN3O5S. The third kappa shape index (κ3) is 10.1. The number of aryl methyl sites for hydroxylation is 1. The molecule has 0 unspecified atom stereocenters. The molecule has 1 fully saturated rings. The number of ether oxygens (including phenoxy) is 1. The molecule has 8 nitrogen and oxygen atoms in total. The molecule has 50 heavy (non-hydrogen) atoms. The maximum Gasteiger partial charge on any atom is 0.311 e. The Morgan fingerprint density at radius 3 is 2.42 bits per heavy atom. The molecule has 10 heteroatoms. The second kappa shape index (κ2) is 18.1. The minimum Gasteiger partial charge on any atom is -0.427 e. The van der Waals surface area contributed by atoms with Gasteiger partial charge in [0.25, 0.3) is 0 Å². The van der Waals surface area contributed by atoms with E-state index in [1.54, 1.807) is 16.2 Å². The van der Waals surface area contributed by atoms with Gasteiger partial charge in [0.15, 0.2) is 5.78 Å². The Balaban J connectivity index is 1.00. The highest BCUT2D eigenvalue weighted by Gasteiger charge is 2.29. The quantitative estimate of drug-likeness (QED) is 0.0515. The van der Waals surface area contributed by atoms with Crippen LogP contribution in [-0.4, -0.2) is 41.2 Å². The van der Waals surface area contributed by atoms with E-state index in [-0.39, 0.29) is 47.8 Å². The van der Waals surface area contributed by atoms with Gasteiger partial charge in [-0.1, -0.05) is 31.4 Å². The number of halogens is 1. The number of carbonyl (C=O) groups is 4. The monoisotopic (exact) mass is 701 g/mol. The van der Waals surface area contributed by atoms with Crippen LogP contribution >= 0.6 is 11.3 Å². The first-order chi connectivity index (χ1) is 24.2. The van der Waals surface area contributed by atoms with Gasteiger partial charge in [-0.3, -0.25) is 19.2 Å². The number of thiophene rings is 1. The van der Waals surface area contributed by atoms with Gasteiger partial charge in [0, 0.05) is 37.5 Å². The minimum atomic E-state index is -0.370. The summed E-state index contributed by atoms with van der Waals surface area (Å²) in [5, 5.41) is 5.09. The van der Waals surface area contributed by atoms with Crippen molar-refractivity contribution in [1.82, 2.24) is 9.88 Å². The minimum absolute atomic E-state index is 0.0260. The van der Waals surface area contributed by atoms with E-state index in [0.29, 0.717) is 37.4 Å². The Labute approximate surface area is 298 Å². The second-order valence-electron chi connectivity index (χ2n) is 13.3. The van der Waals surface area contributed by atoms with Crippen molar-refractivity contribution in [3.63, 3.8) is 0 Å². The van der Waals surface area contributed by atoms with Crippen LogP contribution in [0, 0.1) is 24.6 Å². The summed E-state index contributed by atoms with van der Waals surface area (Å²) in [6.07, 6.45) is 8.40. The number of aromatic nitrogens is 1. The fourth-order valence-corrected chi connectivity index (χ4v) is 7.68. The fourth-order valence-electron chi connectivity index (χ4n) is 6.86. The van der Waals surface area contributed by atoms with Crippen molar-refractivity contribution in [2.45, 2.75) is 91.0 Å². The van der Waals surface area contributed by atoms with Crippen LogP contribution in [0.5, 0.6) is 5.75 Å². The average molecular weight is 702 g/mol. The lowest BCUT2D eigenvalue weighted by atomic mass is 9.79. The molecule has 2 heterocycles. The number of likely N-dealkylation sites (N-methyl/N-ethyl adjacent to an activating group) is 1. The maximum absolute atomic E-state index is 13.7. The molecule has 1 aliphatic carbocycles. The molecule has 1 saturated carbocycles. The second-order valence-corrected chi connectivity index (χ2v) is 14.3. The van der Waals surface area contributed by atoms with Gasteiger partial charge in [0.05, 0.1) is 15.9 Å². The number of rotatable bonds is 17. The summed E-state index contributed by atoms with van der Waals surface area (Å²) >= 11 is 1.57. The van der Waals surface area contributed by atoms with Crippen LogP contribution < -0.4 is 15.0 Å². The summed E-state index contributed by atoms with van der Waals surface area (Å²) in [6, 6.07) is 17.2. The Morgan fingerprint density at radius 1 is 0.940 bits per heavy atom. The Morgan fingerprint density at radius 2 is 1.68 bits per heavy atom. The number of esters is 1. The highest BCUT2D eigenvalue weighted by molar-refractivity contribution is 7.17. The summed E-state index contributed by atoms with van der Waals surface area (Å²) in [5.74, 6) is -0.0472. The van der Waals surface area contributed by atoms with Gasteiger partial charge >= 0.3 is 5.97 Å². The number of hydrogen-bond donors (Lipinski definition) is 1. The zero-order chi connectivity index (χ0) is 35.5. The third-order valence-corrected chi connectivity index (χ3v) is 10.5. The number of anilines is 1. The SMILES string of the molecule is CCN(C(=O)Cn1c(C(=O)CC2CCC(C(=O)NCCCCCCCC(=O)Oc3ccc(F)cc3)CC2)cc2sccc21)c1cccc(C)c1. The van der Waals surface area contributed by atoms with Crippen LogP contribution in [0.1, 0.15) is 93.6 Å². The van der Waals surface area contributed by atoms with Crippen LogP contribution in [0.4, 0.5) is 10.1 Å². The van der Waals surface area contributed by atoms with Gasteiger partial charge in [0.1, 0.15) is 18.1 Å². The molecular weight excluding hydrogens is 654 g/mol. The first-order valence-corrected chi connectivity index (χ1v) is 18.8. The van der Waals surface area contributed by atoms with E-state index in [9.17, 15) is 23.6 Å². The first kappa shape index (κ1) is 37.0. The fraction of sp³-hybridized carbons (Fsp3) is 0.450. The van der Waals surface area contributed by atoms with E-state index in [4.69, 9.17) is 4.74 Å². The molecule has 2 amide bonds. The molecule has 0 spiro atoms. The van der Waals surface area contributed by atoms with Crippen molar-refractivity contribution in [3.05, 3.63) is 83.1 Å². The van der Waals surface area contributed by atoms with Gasteiger partial charge in [-0.05, 0) is 118 Å². The maximum atomic E-state index is 13.7. The van der Waals surface area contributed by atoms with Gasteiger partial charge in [-0.25, -0.2) is 4.39 Å². The van der Waals surface area contributed by atoms with Crippen molar-refractivity contribution in [1.29, 1.82) is 0 Å². The van der Waals surface area contributed by atoms with Crippen LogP contribution in [0.3, 0.4) is 0 Å². The summed E-state index contributed by atoms with van der Waals surface area (Å²) in [4.78, 5) is 53.8. The number of carbonyl (C=O) groups excluding carboxylic acids is 4. The number of amides is 2. The Bertz CT molecular complexity index is 1760. The lowest BCUT2D eigenvalue weighted by Crippen LogP contribution is -2.35. The average Bonchev–Trinajstić information content (AvgIpc) is 3.70. The number of benzene rings is 2. The number of nitrogens with zero attached hydrogens (tertiary/aromatic N) is 2. The van der Waals surface area contributed by atoms with Crippen molar-refractivity contribution < 1.29 is 28.3 Å². The number of ketones is 1. The topological polar surface area (TPSA) is 97.7 Å². The van der Waals surface area contributed by atoms with Crippen LogP contribution in [0.25, 0.3) is 10.2 Å². The zero-order valence-corrected chi connectivity index (χ0v) is 29.9. The van der Waals surface area contributed by atoms with Crippen molar-refractivity contribution in [3.8, 4) is 5.75 Å². The molecule has 0 aliphatic heterocycles. The normalized spacial score (nSPS) is 15.9. The molecule has 0 atom stereocenters. The smallest absolute Gasteiger partial charge is 0.311 e. The number of nitrogens with one attached hydrogen (secondary N) is 1. The number of fused-ring (bicyclic) bond motifs is 1. The largest absolute Gasteiger partial charge is 0.427 e. The van der Waals surface area contributed by atoms with E-state index in [0.717, 1.165) is 79.3 Å². The molecule has 0 saturated heterocycles. The summed E-state index contributed by atoms with van der Waals surface area (Å²) in [7, 11) is 0. The molecule has 0 bridgehead atoms. The van der Waals surface area contributed by atoms with Crippen molar-refractivity contribution in [2.24, 2.45) is 11.8 Å². The summed E-state index contributed by atoms with van der Waals surface area (Å²) < 4.78 is 21.1. The van der Waals surface area contributed by atoms with E-state index >= 15 is 0 Å². The van der Waals surface area contributed by atoms with Crippen molar-refractivity contribution >= 4 is 50.8 Å². The molecule has 1 N–H and O–H groups in total. The number of unbranched alkanes of at least 4 members (excludes halogenated alkanes) is 4. The Hall–Kier alpha value is -4.31. The van der Waals surface area contributed by atoms with E-state index < -0.39 is 0 Å². The molecule has 5 rings (SSSR count). The summed E-state index contributed by atoms with van der Waals surface area (Å²) in [6.45, 7) is 5.25. The lowest BCUT2D eigenvalue weighted by molar-refractivity contribution is -0.134. The van der Waals surface area contributed by atoms with E-state index in [1.165, 1.54) is 24.3 Å². The highest BCUT2D eigenvalue weighted by Crippen LogP contribution is 2.33. The molecule has 266 valence electrons. The molecule has 0 radical (unpaired) electrons. The standard InChI is InChI=1S/C40H48FN3O5S/c1-3-43(32-11-9-10-28(2)24-32)38(46)27-44-34-21-23-50-37(34)26-35(44)36(45)25-29-13-15-30(16-14-29)40(48)42-22-8-6-4-5-7-12-39(47)49-33-19-17-31(41)18-20-33/h9-11,17-21,23-24,26,29-30H,3-8,12-16,22,25,27H2,1-2H3,(H,42,48). The van der Waals surface area contributed by atoms with E-state index in [2.05, 4.69) is 5.32 Å². The van der Waals surface area contributed by atoms with Crippen LogP contribution in [-0.2, 0) is 20.9 Å². The zero-order valence-electron chi connectivity index (χ0n) is 29.1. The molecule has 1 aliphatic rings. The third-order valence-electron chi connectivity index (χ3n) is 9.63. The molecule has 2 aromatic heterocycles. The molecule has 2 aromatic carbocycles.